The number of carbonyl (C=O) groups excluding carboxylic acids is 1. The molecule has 0 saturated carbocycles. The van der Waals surface area contributed by atoms with Gasteiger partial charge in [-0.25, -0.2) is 8.78 Å². The first-order valence-corrected chi connectivity index (χ1v) is 7.24. The highest BCUT2D eigenvalue weighted by Gasteiger charge is 2.46. The fourth-order valence-corrected chi connectivity index (χ4v) is 2.87. The maximum absolute atomic E-state index is 13.6. The SMILES string of the molecule is CC[C@@H]1CC(F)(F)CN1C(=O)c1cc(OC)c(OC)cc1C. The standard InChI is InChI=1S/C16H21F2NO3/c1-5-11-8-16(17,18)9-19(11)15(20)12-7-14(22-4)13(21-3)6-10(12)2/h6-7,11H,5,8-9H2,1-4H3/t11-/m1/s1. The third-order valence-electron chi connectivity index (χ3n) is 4.07. The van der Waals surface area contributed by atoms with Gasteiger partial charge in [-0.2, -0.15) is 0 Å². The van der Waals surface area contributed by atoms with Crippen LogP contribution in [0, 0.1) is 6.92 Å². The lowest BCUT2D eigenvalue weighted by Gasteiger charge is -2.24. The van der Waals surface area contributed by atoms with E-state index in [1.165, 1.54) is 19.1 Å². The molecule has 0 aromatic heterocycles. The highest BCUT2D eigenvalue weighted by molar-refractivity contribution is 5.97. The molecule has 0 bridgehead atoms. The van der Waals surface area contributed by atoms with Crippen molar-refractivity contribution in [1.29, 1.82) is 0 Å². The number of rotatable bonds is 4. The third kappa shape index (κ3) is 3.00. The summed E-state index contributed by atoms with van der Waals surface area (Å²) in [6, 6.07) is 2.80. The first-order valence-electron chi connectivity index (χ1n) is 7.24. The van der Waals surface area contributed by atoms with Crippen LogP contribution in [-0.2, 0) is 0 Å². The van der Waals surface area contributed by atoms with Crippen molar-refractivity contribution in [2.24, 2.45) is 0 Å². The van der Waals surface area contributed by atoms with E-state index in [4.69, 9.17) is 9.47 Å². The van der Waals surface area contributed by atoms with Gasteiger partial charge in [0.15, 0.2) is 11.5 Å². The van der Waals surface area contributed by atoms with Crippen molar-refractivity contribution in [3.63, 3.8) is 0 Å². The Morgan fingerprint density at radius 3 is 2.45 bits per heavy atom. The first-order chi connectivity index (χ1) is 10.3. The molecule has 0 radical (unpaired) electrons. The number of ether oxygens (including phenoxy) is 2. The number of alkyl halides is 2. The molecule has 1 atom stereocenters. The zero-order valence-electron chi connectivity index (χ0n) is 13.3. The third-order valence-corrected chi connectivity index (χ3v) is 4.07. The van der Waals surface area contributed by atoms with Crippen molar-refractivity contribution in [1.82, 2.24) is 4.90 Å². The molecule has 1 aliphatic heterocycles. The fraction of sp³-hybridized carbons (Fsp3) is 0.562. The van der Waals surface area contributed by atoms with Crippen LogP contribution in [0.1, 0.15) is 35.7 Å². The molecule has 1 aliphatic rings. The predicted molar refractivity (Wildman–Crippen MR) is 79.0 cm³/mol. The summed E-state index contributed by atoms with van der Waals surface area (Å²) in [5, 5.41) is 0. The summed E-state index contributed by atoms with van der Waals surface area (Å²) in [6.07, 6.45) is 0.231. The van der Waals surface area contributed by atoms with Crippen LogP contribution < -0.4 is 9.47 Å². The minimum absolute atomic E-state index is 0.276. The van der Waals surface area contributed by atoms with Gasteiger partial charge in [-0.15, -0.1) is 0 Å². The second-order valence-electron chi connectivity index (χ2n) is 5.58. The van der Waals surface area contributed by atoms with Crippen molar-refractivity contribution >= 4 is 5.91 Å². The van der Waals surface area contributed by atoms with Gasteiger partial charge in [0.25, 0.3) is 11.8 Å². The summed E-state index contributed by atoms with van der Waals surface area (Å²) in [7, 11) is 2.98. The largest absolute Gasteiger partial charge is 0.493 e. The van der Waals surface area contributed by atoms with Crippen LogP contribution in [0.3, 0.4) is 0 Å². The predicted octanol–water partition coefficient (Wildman–Crippen LogP) is 3.27. The van der Waals surface area contributed by atoms with Crippen molar-refractivity contribution < 1.29 is 23.0 Å². The van der Waals surface area contributed by atoms with Gasteiger partial charge in [-0.05, 0) is 31.0 Å². The average Bonchev–Trinajstić information content (AvgIpc) is 2.81. The minimum Gasteiger partial charge on any atom is -0.493 e. The molecule has 1 aromatic carbocycles. The van der Waals surface area contributed by atoms with E-state index in [1.807, 2.05) is 6.92 Å². The normalized spacial score (nSPS) is 20.1. The second kappa shape index (κ2) is 6.10. The number of carbonyl (C=O) groups is 1. The van der Waals surface area contributed by atoms with Crippen LogP contribution in [0.4, 0.5) is 8.78 Å². The Morgan fingerprint density at radius 1 is 1.32 bits per heavy atom. The molecule has 0 aliphatic carbocycles. The molecule has 1 heterocycles. The monoisotopic (exact) mass is 313 g/mol. The Morgan fingerprint density at radius 2 is 1.91 bits per heavy atom. The molecule has 6 heteroatoms. The first kappa shape index (κ1) is 16.5. The number of halogens is 2. The molecule has 1 fully saturated rings. The van der Waals surface area contributed by atoms with Gasteiger partial charge in [0.05, 0.1) is 20.8 Å². The number of methoxy groups -OCH3 is 2. The zero-order chi connectivity index (χ0) is 16.5. The summed E-state index contributed by atoms with van der Waals surface area (Å²) in [5.41, 5.74) is 1.04. The van der Waals surface area contributed by atoms with E-state index in [-0.39, 0.29) is 12.3 Å². The molecule has 1 amide bonds. The Kier molecular flexibility index (Phi) is 4.58. The maximum Gasteiger partial charge on any atom is 0.267 e. The van der Waals surface area contributed by atoms with Crippen molar-refractivity contribution in [2.45, 2.75) is 38.7 Å². The lowest BCUT2D eigenvalue weighted by molar-refractivity contribution is 0.0117. The highest BCUT2D eigenvalue weighted by atomic mass is 19.3. The van der Waals surface area contributed by atoms with Gasteiger partial charge in [-0.1, -0.05) is 6.92 Å². The number of likely N-dealkylation sites (tertiary alicyclic amines) is 1. The molecule has 4 nitrogen and oxygen atoms in total. The summed E-state index contributed by atoms with van der Waals surface area (Å²) in [6.45, 7) is 3.04. The van der Waals surface area contributed by atoms with Crippen molar-refractivity contribution in [2.75, 3.05) is 20.8 Å². The summed E-state index contributed by atoms with van der Waals surface area (Å²) >= 11 is 0. The van der Waals surface area contributed by atoms with Gasteiger partial charge >= 0.3 is 0 Å². The van der Waals surface area contributed by atoms with Crippen LogP contribution in [0.25, 0.3) is 0 Å². The van der Waals surface area contributed by atoms with Gasteiger partial charge in [0.2, 0.25) is 0 Å². The lowest BCUT2D eigenvalue weighted by Crippen LogP contribution is -2.36. The Hall–Kier alpha value is -1.85. The van der Waals surface area contributed by atoms with E-state index in [9.17, 15) is 13.6 Å². The summed E-state index contributed by atoms with van der Waals surface area (Å²) in [5.74, 6) is -2.28. The number of amides is 1. The number of hydrogen-bond acceptors (Lipinski definition) is 3. The molecule has 1 saturated heterocycles. The number of nitrogens with zero attached hydrogens (tertiary/aromatic N) is 1. The number of aryl methyl sites for hydroxylation is 1. The van der Waals surface area contributed by atoms with E-state index in [2.05, 4.69) is 0 Å². The van der Waals surface area contributed by atoms with Gasteiger partial charge in [0, 0.05) is 18.0 Å². The molecular weight excluding hydrogens is 292 g/mol. The van der Waals surface area contributed by atoms with Gasteiger partial charge in [0.1, 0.15) is 0 Å². The molecule has 0 unspecified atom stereocenters. The average molecular weight is 313 g/mol. The van der Waals surface area contributed by atoms with Crippen molar-refractivity contribution in [3.05, 3.63) is 23.3 Å². The Balaban J connectivity index is 2.37. The maximum atomic E-state index is 13.6. The van der Waals surface area contributed by atoms with E-state index in [0.29, 0.717) is 29.0 Å². The number of hydrogen-bond donors (Lipinski definition) is 0. The second-order valence-corrected chi connectivity index (χ2v) is 5.58. The van der Waals surface area contributed by atoms with Crippen LogP contribution in [0.2, 0.25) is 0 Å². The van der Waals surface area contributed by atoms with Crippen molar-refractivity contribution in [3.8, 4) is 11.5 Å². The minimum atomic E-state index is -2.82. The number of benzene rings is 1. The summed E-state index contributed by atoms with van der Waals surface area (Å²) in [4.78, 5) is 14.0. The molecule has 2 rings (SSSR count). The topological polar surface area (TPSA) is 38.8 Å². The van der Waals surface area contributed by atoms with Crippen LogP contribution in [-0.4, -0.2) is 43.5 Å². The summed E-state index contributed by atoms with van der Waals surface area (Å²) < 4.78 is 37.6. The molecule has 122 valence electrons. The molecule has 0 N–H and O–H groups in total. The van der Waals surface area contributed by atoms with E-state index < -0.39 is 18.5 Å². The molecule has 1 aromatic rings. The van der Waals surface area contributed by atoms with Gasteiger partial charge in [-0.3, -0.25) is 4.79 Å². The van der Waals surface area contributed by atoms with Crippen LogP contribution in [0.15, 0.2) is 12.1 Å². The van der Waals surface area contributed by atoms with Gasteiger partial charge < -0.3 is 14.4 Å². The Bertz CT molecular complexity index is 575. The quantitative estimate of drug-likeness (QED) is 0.856. The van der Waals surface area contributed by atoms with E-state index in [1.54, 1.807) is 19.1 Å². The van der Waals surface area contributed by atoms with E-state index >= 15 is 0 Å². The van der Waals surface area contributed by atoms with Crippen LogP contribution >= 0.6 is 0 Å². The lowest BCUT2D eigenvalue weighted by atomic mass is 10.1. The molecular formula is C16H21F2NO3. The van der Waals surface area contributed by atoms with E-state index in [0.717, 1.165) is 0 Å². The zero-order valence-corrected chi connectivity index (χ0v) is 13.3. The van der Waals surface area contributed by atoms with Crippen LogP contribution in [0.5, 0.6) is 11.5 Å². The Labute approximate surface area is 129 Å². The fourth-order valence-electron chi connectivity index (χ4n) is 2.87. The molecule has 22 heavy (non-hydrogen) atoms. The smallest absolute Gasteiger partial charge is 0.267 e. The highest BCUT2D eigenvalue weighted by Crippen LogP contribution is 2.36. The molecule has 0 spiro atoms.